The summed E-state index contributed by atoms with van der Waals surface area (Å²) in [5.41, 5.74) is 1.32. The SMILES string of the molecule is CCCCC1CCC(C(Cl)Cc2ccc(OC)cc2)CC1. The van der Waals surface area contributed by atoms with Crippen molar-refractivity contribution in [3.05, 3.63) is 29.8 Å². The van der Waals surface area contributed by atoms with Gasteiger partial charge >= 0.3 is 0 Å². The van der Waals surface area contributed by atoms with E-state index in [1.165, 1.54) is 50.5 Å². The van der Waals surface area contributed by atoms with Gasteiger partial charge in [-0.3, -0.25) is 0 Å². The van der Waals surface area contributed by atoms with Gasteiger partial charge in [0, 0.05) is 5.38 Å². The van der Waals surface area contributed by atoms with Gasteiger partial charge in [-0.25, -0.2) is 0 Å². The lowest BCUT2D eigenvalue weighted by Gasteiger charge is -2.31. The molecule has 2 heteroatoms. The molecule has 0 aromatic heterocycles. The van der Waals surface area contributed by atoms with Crippen molar-refractivity contribution >= 4 is 11.6 Å². The van der Waals surface area contributed by atoms with Crippen LogP contribution < -0.4 is 4.74 Å². The van der Waals surface area contributed by atoms with E-state index in [0.717, 1.165) is 18.1 Å². The smallest absolute Gasteiger partial charge is 0.118 e. The zero-order valence-electron chi connectivity index (χ0n) is 13.5. The number of alkyl halides is 1. The third-order valence-corrected chi connectivity index (χ3v) is 5.47. The lowest BCUT2D eigenvalue weighted by molar-refractivity contribution is 0.253. The summed E-state index contributed by atoms with van der Waals surface area (Å²) in [4.78, 5) is 0. The molecule has 1 nitrogen and oxygen atoms in total. The number of halogens is 1. The average Bonchev–Trinajstić information content (AvgIpc) is 2.54. The second kappa shape index (κ2) is 8.68. The van der Waals surface area contributed by atoms with Crippen molar-refractivity contribution in [2.45, 2.75) is 63.7 Å². The minimum Gasteiger partial charge on any atom is -0.497 e. The van der Waals surface area contributed by atoms with E-state index in [0.29, 0.717) is 5.92 Å². The highest BCUT2D eigenvalue weighted by Gasteiger charge is 2.26. The van der Waals surface area contributed by atoms with Crippen molar-refractivity contribution < 1.29 is 4.74 Å². The monoisotopic (exact) mass is 308 g/mol. The van der Waals surface area contributed by atoms with Crippen LogP contribution in [0.3, 0.4) is 0 Å². The van der Waals surface area contributed by atoms with Crippen molar-refractivity contribution in [3.63, 3.8) is 0 Å². The van der Waals surface area contributed by atoms with Gasteiger partial charge in [0.05, 0.1) is 7.11 Å². The summed E-state index contributed by atoms with van der Waals surface area (Å²) in [6.07, 6.45) is 10.5. The van der Waals surface area contributed by atoms with Crippen LogP contribution >= 0.6 is 11.6 Å². The summed E-state index contributed by atoms with van der Waals surface area (Å²) in [6.45, 7) is 2.29. The molecule has 2 rings (SSSR count). The van der Waals surface area contributed by atoms with Crippen molar-refractivity contribution in [1.82, 2.24) is 0 Å². The Morgan fingerprint density at radius 2 is 1.81 bits per heavy atom. The van der Waals surface area contributed by atoms with Crippen LogP contribution in [-0.2, 0) is 6.42 Å². The number of hydrogen-bond donors (Lipinski definition) is 0. The molecule has 0 amide bonds. The highest BCUT2D eigenvalue weighted by molar-refractivity contribution is 6.20. The van der Waals surface area contributed by atoms with E-state index in [2.05, 4.69) is 19.1 Å². The van der Waals surface area contributed by atoms with Crippen LogP contribution in [-0.4, -0.2) is 12.5 Å². The van der Waals surface area contributed by atoms with Crippen molar-refractivity contribution in [2.75, 3.05) is 7.11 Å². The van der Waals surface area contributed by atoms with E-state index in [1.807, 2.05) is 12.1 Å². The maximum Gasteiger partial charge on any atom is 0.118 e. The van der Waals surface area contributed by atoms with E-state index in [-0.39, 0.29) is 5.38 Å². The van der Waals surface area contributed by atoms with Crippen LogP contribution in [0.1, 0.15) is 57.4 Å². The summed E-state index contributed by atoms with van der Waals surface area (Å²) in [6, 6.07) is 8.34. The first kappa shape index (κ1) is 16.7. The lowest BCUT2D eigenvalue weighted by atomic mass is 9.77. The maximum absolute atomic E-state index is 6.69. The van der Waals surface area contributed by atoms with E-state index in [4.69, 9.17) is 16.3 Å². The van der Waals surface area contributed by atoms with Crippen LogP contribution in [0.2, 0.25) is 0 Å². The Morgan fingerprint density at radius 3 is 2.38 bits per heavy atom. The van der Waals surface area contributed by atoms with Crippen LogP contribution in [0, 0.1) is 11.8 Å². The fraction of sp³-hybridized carbons (Fsp3) is 0.684. The molecule has 1 aliphatic rings. The van der Waals surface area contributed by atoms with Crippen LogP contribution in [0.5, 0.6) is 5.75 Å². The van der Waals surface area contributed by atoms with Crippen LogP contribution in [0.15, 0.2) is 24.3 Å². The molecule has 1 fully saturated rings. The second-order valence-corrected chi connectivity index (χ2v) is 7.05. The van der Waals surface area contributed by atoms with E-state index >= 15 is 0 Å². The first-order chi connectivity index (χ1) is 10.2. The Kier molecular flexibility index (Phi) is 6.89. The third kappa shape index (κ3) is 5.21. The molecule has 0 radical (unpaired) electrons. The molecule has 0 aliphatic heterocycles. The Balaban J connectivity index is 1.77. The molecule has 1 unspecified atom stereocenters. The summed E-state index contributed by atoms with van der Waals surface area (Å²) in [7, 11) is 1.70. The molecular weight excluding hydrogens is 280 g/mol. The number of rotatable bonds is 7. The highest BCUT2D eigenvalue weighted by Crippen LogP contribution is 2.36. The molecule has 0 N–H and O–H groups in total. The van der Waals surface area contributed by atoms with Gasteiger partial charge in [-0.15, -0.1) is 11.6 Å². The van der Waals surface area contributed by atoms with Crippen LogP contribution in [0.4, 0.5) is 0 Å². The zero-order chi connectivity index (χ0) is 15.1. The Hall–Kier alpha value is -0.690. The number of ether oxygens (including phenoxy) is 1. The molecule has 0 saturated heterocycles. The van der Waals surface area contributed by atoms with E-state index in [1.54, 1.807) is 7.11 Å². The average molecular weight is 309 g/mol. The van der Waals surface area contributed by atoms with E-state index in [9.17, 15) is 0 Å². The first-order valence-corrected chi connectivity index (χ1v) is 8.93. The fourth-order valence-electron chi connectivity index (χ4n) is 3.48. The minimum absolute atomic E-state index is 0.283. The number of benzene rings is 1. The molecule has 0 bridgehead atoms. The normalized spacial score (nSPS) is 23.8. The fourth-order valence-corrected chi connectivity index (χ4v) is 3.92. The summed E-state index contributed by atoms with van der Waals surface area (Å²) in [5, 5.41) is 0.283. The van der Waals surface area contributed by atoms with Crippen LogP contribution in [0.25, 0.3) is 0 Å². The Bertz CT molecular complexity index is 393. The molecular formula is C19H29ClO. The van der Waals surface area contributed by atoms with Gasteiger partial charge in [0.1, 0.15) is 5.75 Å². The predicted molar refractivity (Wildman–Crippen MR) is 91.3 cm³/mol. The Morgan fingerprint density at radius 1 is 1.14 bits per heavy atom. The first-order valence-electron chi connectivity index (χ1n) is 8.50. The molecule has 1 aromatic rings. The maximum atomic E-state index is 6.69. The second-order valence-electron chi connectivity index (χ2n) is 6.49. The van der Waals surface area contributed by atoms with Gasteiger partial charge < -0.3 is 4.74 Å². The topological polar surface area (TPSA) is 9.23 Å². The lowest BCUT2D eigenvalue weighted by Crippen LogP contribution is -2.23. The molecule has 21 heavy (non-hydrogen) atoms. The molecule has 1 atom stereocenters. The molecule has 1 saturated carbocycles. The number of hydrogen-bond acceptors (Lipinski definition) is 1. The van der Waals surface area contributed by atoms with Gasteiger partial charge in [0.2, 0.25) is 0 Å². The van der Waals surface area contributed by atoms with Crippen molar-refractivity contribution in [3.8, 4) is 5.75 Å². The molecule has 118 valence electrons. The third-order valence-electron chi connectivity index (χ3n) is 4.96. The minimum atomic E-state index is 0.283. The molecule has 1 aliphatic carbocycles. The summed E-state index contributed by atoms with van der Waals surface area (Å²) < 4.78 is 5.20. The summed E-state index contributed by atoms with van der Waals surface area (Å²) in [5.74, 6) is 2.58. The largest absolute Gasteiger partial charge is 0.497 e. The van der Waals surface area contributed by atoms with Crippen molar-refractivity contribution in [1.29, 1.82) is 0 Å². The molecule has 1 aromatic carbocycles. The van der Waals surface area contributed by atoms with Gasteiger partial charge in [-0.2, -0.15) is 0 Å². The van der Waals surface area contributed by atoms with Gasteiger partial charge in [0.15, 0.2) is 0 Å². The van der Waals surface area contributed by atoms with Gasteiger partial charge in [0.25, 0.3) is 0 Å². The molecule has 0 heterocycles. The standard InChI is InChI=1S/C19H29ClO/c1-3-4-5-15-6-10-17(11-7-15)19(20)14-16-8-12-18(21-2)13-9-16/h8-9,12-13,15,17,19H,3-7,10-11,14H2,1-2H3. The Labute approximate surface area is 135 Å². The quantitative estimate of drug-likeness (QED) is 0.575. The predicted octanol–water partition coefficient (Wildman–Crippen LogP) is 5.84. The van der Waals surface area contributed by atoms with Gasteiger partial charge in [-0.1, -0.05) is 51.2 Å². The zero-order valence-corrected chi connectivity index (χ0v) is 14.2. The van der Waals surface area contributed by atoms with E-state index < -0.39 is 0 Å². The molecule has 0 spiro atoms. The summed E-state index contributed by atoms with van der Waals surface area (Å²) >= 11 is 6.69. The number of unbranched alkanes of at least 4 members (excludes halogenated alkanes) is 1. The van der Waals surface area contributed by atoms with Gasteiger partial charge in [-0.05, 0) is 48.8 Å². The van der Waals surface area contributed by atoms with Crippen molar-refractivity contribution in [2.24, 2.45) is 11.8 Å². The highest BCUT2D eigenvalue weighted by atomic mass is 35.5. The number of methoxy groups -OCH3 is 1.